The van der Waals surface area contributed by atoms with Gasteiger partial charge in [-0.3, -0.25) is 4.79 Å². The maximum Gasteiger partial charge on any atom is 0.320 e. The number of hydrogen-bond acceptors (Lipinski definition) is 5. The summed E-state index contributed by atoms with van der Waals surface area (Å²) in [4.78, 5) is 25.2. The summed E-state index contributed by atoms with van der Waals surface area (Å²) in [6.07, 6.45) is 6.21. The van der Waals surface area contributed by atoms with Crippen LogP contribution in [0.1, 0.15) is 19.3 Å². The van der Waals surface area contributed by atoms with E-state index in [1.165, 1.54) is 0 Å². The van der Waals surface area contributed by atoms with E-state index in [-0.39, 0.29) is 11.5 Å². The Balaban J connectivity index is 1.51. The third kappa shape index (κ3) is 2.12. The molecule has 3 N–H and O–H groups in total. The lowest BCUT2D eigenvalue weighted by Crippen LogP contribution is -2.41. The highest BCUT2D eigenvalue weighted by Crippen LogP contribution is 2.40. The van der Waals surface area contributed by atoms with Crippen molar-refractivity contribution in [2.75, 3.05) is 24.5 Å². The van der Waals surface area contributed by atoms with E-state index in [0.717, 1.165) is 55.7 Å². The van der Waals surface area contributed by atoms with Crippen LogP contribution in [0.15, 0.2) is 18.6 Å². The molecule has 0 amide bonds. The molecule has 116 valence electrons. The molecule has 2 aliphatic rings. The molecule has 2 saturated heterocycles. The molecule has 0 saturated carbocycles. The van der Waals surface area contributed by atoms with E-state index < -0.39 is 5.97 Å². The number of anilines is 1. The first-order chi connectivity index (χ1) is 10.7. The molecule has 4 heterocycles. The van der Waals surface area contributed by atoms with E-state index in [1.807, 2.05) is 12.3 Å². The monoisotopic (exact) mass is 301 g/mol. The van der Waals surface area contributed by atoms with Gasteiger partial charge in [0.25, 0.3) is 0 Å². The second-order valence-electron chi connectivity index (χ2n) is 6.40. The minimum Gasteiger partial charge on any atom is -0.480 e. The van der Waals surface area contributed by atoms with Crippen molar-refractivity contribution in [1.29, 1.82) is 0 Å². The number of aromatic nitrogens is 3. The fourth-order valence-electron chi connectivity index (χ4n) is 3.78. The lowest BCUT2D eigenvalue weighted by Gasteiger charge is -2.39. The van der Waals surface area contributed by atoms with Crippen molar-refractivity contribution in [3.05, 3.63) is 18.6 Å². The molecule has 7 heteroatoms. The van der Waals surface area contributed by atoms with Gasteiger partial charge in [-0.15, -0.1) is 0 Å². The minimum absolute atomic E-state index is 0.129. The number of carboxylic acid groups (broad SMARTS) is 1. The molecule has 2 aromatic rings. The molecular formula is C15H19N5O2. The molecule has 0 aromatic carbocycles. The summed E-state index contributed by atoms with van der Waals surface area (Å²) in [5.74, 6) is 0.242. The zero-order chi connectivity index (χ0) is 15.2. The topological polar surface area (TPSA) is 94.1 Å². The summed E-state index contributed by atoms with van der Waals surface area (Å²) >= 11 is 0. The van der Waals surface area contributed by atoms with Gasteiger partial charge in [0.2, 0.25) is 0 Å². The van der Waals surface area contributed by atoms with Gasteiger partial charge in [0.15, 0.2) is 0 Å². The molecule has 4 rings (SSSR count). The van der Waals surface area contributed by atoms with E-state index in [4.69, 9.17) is 5.11 Å². The predicted molar refractivity (Wildman–Crippen MR) is 81.8 cm³/mol. The van der Waals surface area contributed by atoms with Gasteiger partial charge in [0.05, 0.1) is 5.39 Å². The van der Waals surface area contributed by atoms with Crippen LogP contribution in [0.4, 0.5) is 5.82 Å². The SMILES string of the molecule is O=C(O)C1CC2(CCN(c3ncnc4[nH]ccc34)CC2)CN1. The first kappa shape index (κ1) is 13.5. The zero-order valence-corrected chi connectivity index (χ0v) is 12.2. The number of fused-ring (bicyclic) bond motifs is 1. The summed E-state index contributed by atoms with van der Waals surface area (Å²) in [6.45, 7) is 2.62. The second kappa shape index (κ2) is 4.95. The van der Waals surface area contributed by atoms with Gasteiger partial charge in [-0.05, 0) is 30.7 Å². The summed E-state index contributed by atoms with van der Waals surface area (Å²) in [7, 11) is 0. The van der Waals surface area contributed by atoms with E-state index in [2.05, 4.69) is 25.2 Å². The van der Waals surface area contributed by atoms with Crippen molar-refractivity contribution in [2.24, 2.45) is 5.41 Å². The van der Waals surface area contributed by atoms with Crippen LogP contribution in [0, 0.1) is 5.41 Å². The molecule has 22 heavy (non-hydrogen) atoms. The van der Waals surface area contributed by atoms with Crippen LogP contribution in [0.3, 0.4) is 0 Å². The fraction of sp³-hybridized carbons (Fsp3) is 0.533. The number of rotatable bonds is 2. The lowest BCUT2D eigenvalue weighted by molar-refractivity contribution is -0.139. The first-order valence-corrected chi connectivity index (χ1v) is 7.66. The van der Waals surface area contributed by atoms with Crippen LogP contribution in [-0.2, 0) is 4.79 Å². The van der Waals surface area contributed by atoms with Gasteiger partial charge in [0.1, 0.15) is 23.8 Å². The molecule has 2 aromatic heterocycles. The molecule has 2 aliphatic heterocycles. The Morgan fingerprint density at radius 2 is 2.18 bits per heavy atom. The summed E-state index contributed by atoms with van der Waals surface area (Å²) in [5, 5.41) is 13.4. The molecule has 0 aliphatic carbocycles. The molecule has 1 spiro atoms. The van der Waals surface area contributed by atoms with Crippen LogP contribution in [0.25, 0.3) is 11.0 Å². The molecule has 1 unspecified atom stereocenters. The van der Waals surface area contributed by atoms with E-state index in [1.54, 1.807) is 6.33 Å². The van der Waals surface area contributed by atoms with Gasteiger partial charge >= 0.3 is 5.97 Å². The number of carbonyl (C=O) groups is 1. The van der Waals surface area contributed by atoms with E-state index >= 15 is 0 Å². The predicted octanol–water partition coefficient (Wildman–Crippen LogP) is 0.991. The maximum absolute atomic E-state index is 11.1. The average molecular weight is 301 g/mol. The van der Waals surface area contributed by atoms with E-state index in [9.17, 15) is 4.79 Å². The average Bonchev–Trinajstić information content (AvgIpc) is 3.15. The zero-order valence-electron chi connectivity index (χ0n) is 12.2. The summed E-state index contributed by atoms with van der Waals surface area (Å²) in [6, 6.07) is 1.62. The van der Waals surface area contributed by atoms with Gasteiger partial charge in [0, 0.05) is 25.8 Å². The first-order valence-electron chi connectivity index (χ1n) is 7.66. The third-order valence-electron chi connectivity index (χ3n) is 5.12. The quantitative estimate of drug-likeness (QED) is 0.766. The Morgan fingerprint density at radius 3 is 2.91 bits per heavy atom. The highest BCUT2D eigenvalue weighted by atomic mass is 16.4. The number of piperidine rings is 1. The van der Waals surface area contributed by atoms with Crippen LogP contribution >= 0.6 is 0 Å². The van der Waals surface area contributed by atoms with Gasteiger partial charge in [-0.2, -0.15) is 0 Å². The molecule has 2 fully saturated rings. The largest absolute Gasteiger partial charge is 0.480 e. The Morgan fingerprint density at radius 1 is 1.36 bits per heavy atom. The van der Waals surface area contributed by atoms with Crippen LogP contribution in [0.2, 0.25) is 0 Å². The van der Waals surface area contributed by atoms with Crippen molar-refractivity contribution in [3.8, 4) is 0 Å². The van der Waals surface area contributed by atoms with Gasteiger partial charge in [-0.25, -0.2) is 9.97 Å². The second-order valence-corrected chi connectivity index (χ2v) is 6.40. The van der Waals surface area contributed by atoms with Gasteiger partial charge in [-0.1, -0.05) is 0 Å². The Hall–Kier alpha value is -2.15. The molecule has 1 atom stereocenters. The van der Waals surface area contributed by atoms with Crippen LogP contribution in [-0.4, -0.2) is 51.7 Å². The Kier molecular flexibility index (Phi) is 3.04. The van der Waals surface area contributed by atoms with Crippen molar-refractivity contribution < 1.29 is 9.90 Å². The fourth-order valence-corrected chi connectivity index (χ4v) is 3.78. The number of nitrogens with one attached hydrogen (secondary N) is 2. The normalized spacial score (nSPS) is 24.2. The third-order valence-corrected chi connectivity index (χ3v) is 5.12. The standard InChI is InChI=1S/C15H19N5O2/c21-14(22)11-7-15(8-17-11)2-5-20(6-3-15)13-10-1-4-16-12(10)18-9-19-13/h1,4,9,11,17H,2-3,5-8H2,(H,21,22)(H,16,18,19). The van der Waals surface area contributed by atoms with Gasteiger partial charge < -0.3 is 20.3 Å². The van der Waals surface area contributed by atoms with Crippen molar-refractivity contribution >= 4 is 22.8 Å². The smallest absolute Gasteiger partial charge is 0.320 e. The number of nitrogens with zero attached hydrogens (tertiary/aromatic N) is 3. The number of aliphatic carboxylic acids is 1. The summed E-state index contributed by atoms with van der Waals surface area (Å²) in [5.41, 5.74) is 0.989. The molecule has 0 bridgehead atoms. The number of carboxylic acids is 1. The molecular weight excluding hydrogens is 282 g/mol. The van der Waals surface area contributed by atoms with Crippen LogP contribution in [0.5, 0.6) is 0 Å². The number of aromatic amines is 1. The maximum atomic E-state index is 11.1. The Bertz CT molecular complexity index is 705. The lowest BCUT2D eigenvalue weighted by atomic mass is 9.76. The van der Waals surface area contributed by atoms with Crippen molar-refractivity contribution in [3.63, 3.8) is 0 Å². The van der Waals surface area contributed by atoms with Crippen molar-refractivity contribution in [1.82, 2.24) is 20.3 Å². The molecule has 7 nitrogen and oxygen atoms in total. The van der Waals surface area contributed by atoms with Crippen LogP contribution < -0.4 is 10.2 Å². The van der Waals surface area contributed by atoms with E-state index in [0.29, 0.717) is 0 Å². The van der Waals surface area contributed by atoms with Crippen molar-refractivity contribution in [2.45, 2.75) is 25.3 Å². The highest BCUT2D eigenvalue weighted by Gasteiger charge is 2.43. The number of hydrogen-bond donors (Lipinski definition) is 3. The Labute approximate surface area is 127 Å². The minimum atomic E-state index is -0.732. The highest BCUT2D eigenvalue weighted by molar-refractivity contribution is 5.87. The summed E-state index contributed by atoms with van der Waals surface area (Å²) < 4.78 is 0. The molecule has 0 radical (unpaired) electrons. The number of H-pyrrole nitrogens is 1.